The first kappa shape index (κ1) is 31.7. The number of carbonyl (C=O) groups is 2. The van der Waals surface area contributed by atoms with Crippen molar-refractivity contribution in [2.24, 2.45) is 5.41 Å². The maximum atomic E-state index is 13.9. The van der Waals surface area contributed by atoms with Crippen LogP contribution in [0.5, 0.6) is 5.75 Å². The molecule has 0 unspecified atom stereocenters. The number of ether oxygens (including phenoxy) is 2. The summed E-state index contributed by atoms with van der Waals surface area (Å²) in [5.41, 5.74) is -2.46. The van der Waals surface area contributed by atoms with Crippen LogP contribution >= 0.6 is 0 Å². The summed E-state index contributed by atoms with van der Waals surface area (Å²) in [4.78, 5) is 26.6. The Balaban J connectivity index is 1.88. The number of amides is 1. The van der Waals surface area contributed by atoms with Crippen LogP contribution in [0.2, 0.25) is 0 Å². The van der Waals surface area contributed by atoms with Gasteiger partial charge in [0.05, 0.1) is 33.7 Å². The quantitative estimate of drug-likeness (QED) is 0.208. The molecule has 0 fully saturated rings. The fourth-order valence-electron chi connectivity index (χ4n) is 4.61. The maximum absolute atomic E-state index is 13.9. The molecule has 8 nitrogen and oxygen atoms in total. The van der Waals surface area contributed by atoms with Crippen molar-refractivity contribution in [2.75, 3.05) is 24.1 Å². The first-order valence-corrected chi connectivity index (χ1v) is 14.3. The van der Waals surface area contributed by atoms with Gasteiger partial charge in [0.2, 0.25) is 0 Å². The number of hydrogen-bond acceptors (Lipinski definition) is 6. The minimum Gasteiger partial charge on any atom is -0.466 e. The summed E-state index contributed by atoms with van der Waals surface area (Å²) in [7, 11) is -4.76. The molecule has 1 heterocycles. The molecule has 1 aliphatic heterocycles. The van der Waals surface area contributed by atoms with Gasteiger partial charge in [0.15, 0.2) is 0 Å². The van der Waals surface area contributed by atoms with E-state index in [-0.39, 0.29) is 41.3 Å². The number of fused-ring (bicyclic) bond motifs is 1. The summed E-state index contributed by atoms with van der Waals surface area (Å²) in [5, 5.41) is 0. The largest absolute Gasteiger partial charge is 0.466 e. The van der Waals surface area contributed by atoms with Crippen LogP contribution in [-0.2, 0) is 25.7 Å². The van der Waals surface area contributed by atoms with E-state index < -0.39 is 57.2 Å². The molecule has 43 heavy (non-hydrogen) atoms. The van der Waals surface area contributed by atoms with E-state index in [0.717, 1.165) is 27.4 Å². The van der Waals surface area contributed by atoms with Gasteiger partial charge in [-0.05, 0) is 62.7 Å². The molecule has 1 amide bonds. The number of carbonyl (C=O) groups excluding carboxylic acids is 2. The number of esters is 1. The Morgan fingerprint density at radius 3 is 2.33 bits per heavy atom. The highest BCUT2D eigenvalue weighted by atomic mass is 32.2. The van der Waals surface area contributed by atoms with E-state index in [1.54, 1.807) is 6.92 Å². The average Bonchev–Trinajstić information content (AvgIpc) is 2.94. The number of sulfonamides is 1. The van der Waals surface area contributed by atoms with Crippen LogP contribution in [0, 0.1) is 5.41 Å². The zero-order chi connectivity index (χ0) is 31.7. The number of nitrogens with zero attached hydrogens (tertiary/aromatic N) is 2. The lowest BCUT2D eigenvalue weighted by Gasteiger charge is -2.40. The van der Waals surface area contributed by atoms with Crippen molar-refractivity contribution in [2.45, 2.75) is 38.5 Å². The summed E-state index contributed by atoms with van der Waals surface area (Å²) in [6.07, 6.45) is -4.83. The van der Waals surface area contributed by atoms with Crippen molar-refractivity contribution in [3.63, 3.8) is 0 Å². The monoisotopic (exact) mass is 626 g/mol. The van der Waals surface area contributed by atoms with Crippen LogP contribution in [0.25, 0.3) is 11.1 Å². The van der Waals surface area contributed by atoms with Gasteiger partial charge in [-0.25, -0.2) is 12.7 Å². The molecular formula is C29H27F5N2O6S. The van der Waals surface area contributed by atoms with E-state index in [2.05, 4.69) is 4.74 Å². The second-order valence-electron chi connectivity index (χ2n) is 10.2. The van der Waals surface area contributed by atoms with Crippen LogP contribution in [-0.4, -0.2) is 51.6 Å². The Labute approximate surface area is 244 Å². The molecule has 0 saturated heterocycles. The third-order valence-corrected chi connectivity index (χ3v) is 8.40. The van der Waals surface area contributed by atoms with Crippen molar-refractivity contribution < 1.29 is 49.4 Å². The van der Waals surface area contributed by atoms with Gasteiger partial charge in [-0.3, -0.25) is 9.59 Å². The average molecular weight is 627 g/mol. The van der Waals surface area contributed by atoms with E-state index in [1.165, 1.54) is 56.3 Å². The second-order valence-corrected chi connectivity index (χ2v) is 12.1. The standard InChI is InChI=1S/C29H27F5N2O6S/c1-4-41-26(38)28(2,3)16-35-17-36(43(39,40)20-9-7-8-19(15-20)29(32,33)34)23-14-18(12-13-22(23)25(35)37)21-10-5-6-11-24(21)42-27(30)31/h5-15,27H,4,16-17H2,1-3H3. The summed E-state index contributed by atoms with van der Waals surface area (Å²) < 4.78 is 105. The number of halogens is 5. The first-order chi connectivity index (χ1) is 20.1. The van der Waals surface area contributed by atoms with Crippen molar-refractivity contribution in [1.82, 2.24) is 4.90 Å². The van der Waals surface area contributed by atoms with E-state index in [1.807, 2.05) is 0 Å². The number of alkyl halides is 5. The Bertz CT molecular complexity index is 1640. The first-order valence-electron chi connectivity index (χ1n) is 12.9. The molecule has 0 aliphatic carbocycles. The minimum absolute atomic E-state index is 0.0641. The third kappa shape index (κ3) is 6.58. The highest BCUT2D eigenvalue weighted by Crippen LogP contribution is 2.40. The number of hydrogen-bond donors (Lipinski definition) is 0. The SMILES string of the molecule is CCOC(=O)C(C)(C)CN1CN(S(=O)(=O)c2cccc(C(F)(F)F)c2)c2cc(-c3ccccc3OC(F)F)ccc2C1=O. The predicted octanol–water partition coefficient (Wildman–Crippen LogP) is 6.17. The van der Waals surface area contributed by atoms with Gasteiger partial charge < -0.3 is 14.4 Å². The van der Waals surface area contributed by atoms with Gasteiger partial charge in [0, 0.05) is 12.1 Å². The number of benzene rings is 3. The van der Waals surface area contributed by atoms with Crippen LogP contribution < -0.4 is 9.04 Å². The fraction of sp³-hybridized carbons (Fsp3) is 0.310. The van der Waals surface area contributed by atoms with Gasteiger partial charge in [-0.15, -0.1) is 0 Å². The van der Waals surface area contributed by atoms with E-state index in [4.69, 9.17) is 4.74 Å². The molecule has 0 atom stereocenters. The van der Waals surface area contributed by atoms with E-state index in [9.17, 15) is 40.0 Å². The molecule has 4 rings (SSSR count). The Morgan fingerprint density at radius 1 is 0.977 bits per heavy atom. The van der Waals surface area contributed by atoms with Gasteiger partial charge >= 0.3 is 18.8 Å². The van der Waals surface area contributed by atoms with Gasteiger partial charge in [-0.2, -0.15) is 22.0 Å². The van der Waals surface area contributed by atoms with Gasteiger partial charge in [-0.1, -0.05) is 30.3 Å². The molecule has 14 heteroatoms. The highest BCUT2D eigenvalue weighted by Gasteiger charge is 2.42. The number of anilines is 1. The summed E-state index contributed by atoms with van der Waals surface area (Å²) in [5.74, 6) is -1.52. The molecule has 0 aromatic heterocycles. The molecule has 1 aliphatic rings. The van der Waals surface area contributed by atoms with Gasteiger partial charge in [0.25, 0.3) is 15.9 Å². The molecule has 0 bridgehead atoms. The predicted molar refractivity (Wildman–Crippen MR) is 146 cm³/mol. The van der Waals surface area contributed by atoms with E-state index in [0.29, 0.717) is 6.07 Å². The van der Waals surface area contributed by atoms with Crippen LogP contribution in [0.15, 0.2) is 71.6 Å². The molecule has 0 N–H and O–H groups in total. The number of rotatable bonds is 9. The lowest BCUT2D eigenvalue weighted by Crippen LogP contribution is -2.53. The molecule has 0 radical (unpaired) electrons. The minimum atomic E-state index is -4.83. The molecular weight excluding hydrogens is 599 g/mol. The topological polar surface area (TPSA) is 93.2 Å². The summed E-state index contributed by atoms with van der Waals surface area (Å²) >= 11 is 0. The summed E-state index contributed by atoms with van der Waals surface area (Å²) in [6.45, 7) is 0.563. The fourth-order valence-corrected chi connectivity index (χ4v) is 6.09. The molecule has 3 aromatic rings. The number of para-hydroxylation sites is 1. The van der Waals surface area contributed by atoms with Gasteiger partial charge in [0.1, 0.15) is 12.4 Å². The summed E-state index contributed by atoms with van der Waals surface area (Å²) in [6, 6.07) is 12.8. The smallest absolute Gasteiger partial charge is 0.416 e. The Hall–Kier alpha value is -4.20. The lowest BCUT2D eigenvalue weighted by atomic mass is 9.92. The van der Waals surface area contributed by atoms with E-state index >= 15 is 0 Å². The van der Waals surface area contributed by atoms with Crippen LogP contribution in [0.1, 0.15) is 36.7 Å². The molecule has 0 saturated carbocycles. The third-order valence-electron chi connectivity index (χ3n) is 6.66. The molecule has 230 valence electrons. The lowest BCUT2D eigenvalue weighted by molar-refractivity contribution is -0.154. The van der Waals surface area contributed by atoms with Crippen LogP contribution in [0.4, 0.5) is 27.6 Å². The second kappa shape index (κ2) is 11.8. The molecule has 0 spiro atoms. The van der Waals surface area contributed by atoms with Crippen molar-refractivity contribution in [1.29, 1.82) is 0 Å². The maximum Gasteiger partial charge on any atom is 0.416 e. The Kier molecular flexibility index (Phi) is 8.72. The van der Waals surface area contributed by atoms with Crippen molar-refractivity contribution >= 4 is 27.6 Å². The normalized spacial score (nSPS) is 14.1. The highest BCUT2D eigenvalue weighted by molar-refractivity contribution is 7.92. The molecule has 3 aromatic carbocycles. The van der Waals surface area contributed by atoms with Crippen molar-refractivity contribution in [3.8, 4) is 16.9 Å². The van der Waals surface area contributed by atoms with Crippen LogP contribution in [0.3, 0.4) is 0 Å². The Morgan fingerprint density at radius 2 is 1.67 bits per heavy atom. The zero-order valence-corrected chi connectivity index (χ0v) is 24.0. The zero-order valence-electron chi connectivity index (χ0n) is 23.2. The van der Waals surface area contributed by atoms with Crippen molar-refractivity contribution in [3.05, 3.63) is 77.9 Å².